The Kier molecular flexibility index (Phi) is 6.50. The van der Waals surface area contributed by atoms with Crippen LogP contribution in [-0.2, 0) is 9.47 Å². The number of amides is 2. The van der Waals surface area contributed by atoms with Crippen molar-refractivity contribution in [1.29, 1.82) is 0 Å². The molecule has 0 spiro atoms. The highest BCUT2D eigenvalue weighted by molar-refractivity contribution is 6.12. The zero-order valence-electron chi connectivity index (χ0n) is 16.1. The van der Waals surface area contributed by atoms with Gasteiger partial charge in [0.15, 0.2) is 5.69 Å². The number of pyridine rings is 1. The zero-order valence-corrected chi connectivity index (χ0v) is 16.1. The molecule has 0 fully saturated rings. The number of aromatic nitrogens is 1. The van der Waals surface area contributed by atoms with Crippen LogP contribution in [0.3, 0.4) is 0 Å². The zero-order chi connectivity index (χ0) is 21.0. The summed E-state index contributed by atoms with van der Waals surface area (Å²) in [6.07, 6.45) is -1.07. The predicted octanol–water partition coefficient (Wildman–Crippen LogP) is 2.75. The van der Waals surface area contributed by atoms with E-state index in [4.69, 9.17) is 15.3 Å². The molecule has 1 aromatic heterocycles. The lowest BCUT2D eigenvalue weighted by molar-refractivity contribution is 0.0430. The third-order valence-electron chi connectivity index (χ3n) is 2.70. The summed E-state index contributed by atoms with van der Waals surface area (Å²) < 4.78 is 10.4. The second kappa shape index (κ2) is 8.02. The molecule has 0 saturated carbocycles. The van der Waals surface area contributed by atoms with Gasteiger partial charge in [-0.1, -0.05) is 0 Å². The molecule has 1 heterocycles. The quantitative estimate of drug-likeness (QED) is 0.462. The van der Waals surface area contributed by atoms with Gasteiger partial charge in [-0.05, 0) is 53.7 Å². The highest BCUT2D eigenvalue weighted by Gasteiger charge is 2.35. The summed E-state index contributed by atoms with van der Waals surface area (Å²) >= 11 is 0. The largest absolute Gasteiger partial charge is 0.476 e. The van der Waals surface area contributed by atoms with Crippen molar-refractivity contribution in [3.63, 3.8) is 0 Å². The van der Waals surface area contributed by atoms with Gasteiger partial charge in [0.05, 0.1) is 17.6 Å². The van der Waals surface area contributed by atoms with Gasteiger partial charge in [0.25, 0.3) is 0 Å². The molecule has 0 saturated heterocycles. The highest BCUT2D eigenvalue weighted by atomic mass is 16.6. The molecule has 0 bridgehead atoms. The molecule has 0 aliphatic rings. The maximum atomic E-state index is 12.6. The molecule has 3 N–H and O–H groups in total. The molecule has 2 amide bonds. The Hall–Kier alpha value is -3.17. The van der Waals surface area contributed by atoms with Gasteiger partial charge in [0.1, 0.15) is 11.2 Å². The topological polar surface area (TPSA) is 144 Å². The Balaban J connectivity index is 3.52. The lowest BCUT2D eigenvalue weighted by Gasteiger charge is -2.29. The minimum Gasteiger partial charge on any atom is -0.476 e. The maximum Gasteiger partial charge on any atom is 0.424 e. The number of hydrogen-bond acceptors (Lipinski definition) is 8. The van der Waals surface area contributed by atoms with Crippen LogP contribution in [0.1, 0.15) is 57.7 Å². The van der Waals surface area contributed by atoms with Crippen LogP contribution in [-0.4, -0.2) is 45.7 Å². The number of carboxylic acids is 1. The van der Waals surface area contributed by atoms with Crippen molar-refractivity contribution in [2.24, 2.45) is 10.9 Å². The van der Waals surface area contributed by atoms with Gasteiger partial charge >= 0.3 is 18.2 Å². The molecule has 0 atom stereocenters. The van der Waals surface area contributed by atoms with Crippen LogP contribution in [0.2, 0.25) is 0 Å². The first-order chi connectivity index (χ1) is 12.2. The van der Waals surface area contributed by atoms with Crippen LogP contribution in [0.15, 0.2) is 17.2 Å². The second-order valence-corrected chi connectivity index (χ2v) is 7.48. The van der Waals surface area contributed by atoms with E-state index in [1.54, 1.807) is 41.5 Å². The molecular formula is C17H24N4O6. The molecule has 148 valence electrons. The molecule has 0 aromatic carbocycles. The van der Waals surface area contributed by atoms with E-state index >= 15 is 0 Å². The van der Waals surface area contributed by atoms with Crippen molar-refractivity contribution >= 4 is 30.1 Å². The number of rotatable bonds is 3. The number of hydrazone groups is 1. The van der Waals surface area contributed by atoms with Crippen LogP contribution in [0, 0.1) is 0 Å². The van der Waals surface area contributed by atoms with Crippen LogP contribution in [0.4, 0.5) is 15.3 Å². The number of nitrogens with zero attached hydrogens (tertiary/aromatic N) is 3. The van der Waals surface area contributed by atoms with Crippen LogP contribution in [0.5, 0.6) is 0 Å². The van der Waals surface area contributed by atoms with E-state index in [1.807, 2.05) is 0 Å². The molecule has 0 aliphatic heterocycles. The summed E-state index contributed by atoms with van der Waals surface area (Å²) in [6.45, 7) is 9.64. The molecule has 0 aliphatic carbocycles. The van der Waals surface area contributed by atoms with Gasteiger partial charge < -0.3 is 20.4 Å². The fourth-order valence-corrected chi connectivity index (χ4v) is 1.84. The number of imide groups is 1. The van der Waals surface area contributed by atoms with E-state index in [1.165, 1.54) is 12.1 Å². The molecule has 10 nitrogen and oxygen atoms in total. The fraction of sp³-hybridized carbons (Fsp3) is 0.471. The molecule has 0 radical (unpaired) electrons. The van der Waals surface area contributed by atoms with E-state index in [0.717, 1.165) is 6.21 Å². The Bertz CT molecular complexity index is 734. The van der Waals surface area contributed by atoms with Crippen molar-refractivity contribution in [3.8, 4) is 0 Å². The smallest absolute Gasteiger partial charge is 0.424 e. The number of aromatic carboxylic acids is 1. The number of hydrogen-bond donors (Lipinski definition) is 2. The number of carboxylic acid groups (broad SMARTS) is 1. The monoisotopic (exact) mass is 380 g/mol. The molecular weight excluding hydrogens is 356 g/mol. The van der Waals surface area contributed by atoms with Crippen molar-refractivity contribution in [3.05, 3.63) is 23.5 Å². The Labute approximate surface area is 157 Å². The molecule has 10 heteroatoms. The normalized spacial score (nSPS) is 11.9. The van der Waals surface area contributed by atoms with E-state index in [2.05, 4.69) is 10.1 Å². The van der Waals surface area contributed by atoms with Gasteiger partial charge in [-0.2, -0.15) is 10.0 Å². The van der Waals surface area contributed by atoms with E-state index in [9.17, 15) is 19.5 Å². The van der Waals surface area contributed by atoms with Crippen molar-refractivity contribution < 1.29 is 29.0 Å². The van der Waals surface area contributed by atoms with E-state index in [-0.39, 0.29) is 11.4 Å². The Morgan fingerprint density at radius 3 is 1.93 bits per heavy atom. The summed E-state index contributed by atoms with van der Waals surface area (Å²) in [5.74, 6) is 3.58. The molecule has 27 heavy (non-hydrogen) atoms. The molecule has 1 aromatic rings. The maximum absolute atomic E-state index is 12.6. The van der Waals surface area contributed by atoms with E-state index < -0.39 is 35.1 Å². The van der Waals surface area contributed by atoms with Gasteiger partial charge in [0, 0.05) is 0 Å². The molecule has 0 unspecified atom stereocenters. The third kappa shape index (κ3) is 6.57. The summed E-state index contributed by atoms with van der Waals surface area (Å²) in [6, 6.07) is 2.57. The number of nitrogens with two attached hydrogens (primary N) is 1. The van der Waals surface area contributed by atoms with Crippen LogP contribution < -0.4 is 10.7 Å². The average Bonchev–Trinajstić information content (AvgIpc) is 2.45. The molecule has 1 rings (SSSR count). The minimum atomic E-state index is -1.46. The Morgan fingerprint density at radius 1 is 1.07 bits per heavy atom. The van der Waals surface area contributed by atoms with Crippen LogP contribution in [0.25, 0.3) is 0 Å². The average molecular weight is 380 g/mol. The number of carbonyl (C=O) groups excluding carboxylic acids is 2. The SMILES string of the molecule is CC(C)(C)OC(=O)N(C(=O)OC(C)(C)C)c1ccc(C=NN)nc1C(=O)O. The Morgan fingerprint density at radius 2 is 1.56 bits per heavy atom. The lowest BCUT2D eigenvalue weighted by atomic mass is 10.2. The van der Waals surface area contributed by atoms with Crippen molar-refractivity contribution in [1.82, 2.24) is 4.98 Å². The third-order valence-corrected chi connectivity index (χ3v) is 2.70. The predicted molar refractivity (Wildman–Crippen MR) is 97.9 cm³/mol. The van der Waals surface area contributed by atoms with Gasteiger partial charge in [-0.25, -0.2) is 19.4 Å². The minimum absolute atomic E-state index is 0.131. The second-order valence-electron chi connectivity index (χ2n) is 7.48. The van der Waals surface area contributed by atoms with Crippen LogP contribution >= 0.6 is 0 Å². The van der Waals surface area contributed by atoms with Crippen molar-refractivity contribution in [2.75, 3.05) is 4.90 Å². The number of ether oxygens (including phenoxy) is 2. The van der Waals surface area contributed by atoms with Gasteiger partial charge in [-0.15, -0.1) is 0 Å². The first kappa shape index (κ1) is 21.9. The van der Waals surface area contributed by atoms with Gasteiger partial charge in [0.2, 0.25) is 0 Å². The number of anilines is 1. The lowest BCUT2D eigenvalue weighted by Crippen LogP contribution is -2.44. The van der Waals surface area contributed by atoms with E-state index in [0.29, 0.717) is 4.90 Å². The summed E-state index contributed by atoms with van der Waals surface area (Å²) in [5, 5.41) is 12.7. The summed E-state index contributed by atoms with van der Waals surface area (Å²) in [4.78, 5) is 41.2. The standard InChI is InChI=1S/C17H24N4O6/c1-16(2,3)26-14(24)21(15(25)27-17(4,5)6)11-8-7-10(9-19-18)20-12(11)13(22)23/h7-9H,18H2,1-6H3,(H,22,23). The number of carbonyl (C=O) groups is 3. The first-order valence-corrected chi connectivity index (χ1v) is 7.99. The summed E-state index contributed by atoms with van der Waals surface area (Å²) in [5.41, 5.74) is -2.60. The highest BCUT2D eigenvalue weighted by Crippen LogP contribution is 2.25. The fourth-order valence-electron chi connectivity index (χ4n) is 1.84. The van der Waals surface area contributed by atoms with Crippen molar-refractivity contribution in [2.45, 2.75) is 52.7 Å². The van der Waals surface area contributed by atoms with Gasteiger partial charge in [-0.3, -0.25) is 0 Å². The first-order valence-electron chi connectivity index (χ1n) is 7.99. The summed E-state index contributed by atoms with van der Waals surface area (Å²) in [7, 11) is 0.